The molecule has 0 aliphatic carbocycles. The van der Waals surface area contributed by atoms with E-state index < -0.39 is 5.91 Å². The average molecular weight is 323 g/mol. The van der Waals surface area contributed by atoms with Crippen LogP contribution in [0.3, 0.4) is 0 Å². The lowest BCUT2D eigenvalue weighted by Crippen LogP contribution is -2.19. The molecule has 0 aliphatic rings. The van der Waals surface area contributed by atoms with Gasteiger partial charge in [-0.2, -0.15) is 5.10 Å². The topological polar surface area (TPSA) is 61.7 Å². The van der Waals surface area contributed by atoms with E-state index in [1.165, 1.54) is 12.1 Å². The molecule has 21 heavy (non-hydrogen) atoms. The fraction of sp³-hybridized carbons (Fsp3) is 0.0667. The van der Waals surface area contributed by atoms with Crippen molar-refractivity contribution in [2.45, 2.75) is 6.92 Å². The van der Waals surface area contributed by atoms with Crippen LogP contribution in [0.15, 0.2) is 47.6 Å². The molecule has 6 heteroatoms. The van der Waals surface area contributed by atoms with E-state index in [0.29, 0.717) is 21.3 Å². The van der Waals surface area contributed by atoms with Gasteiger partial charge >= 0.3 is 0 Å². The van der Waals surface area contributed by atoms with Gasteiger partial charge in [0.15, 0.2) is 0 Å². The van der Waals surface area contributed by atoms with Gasteiger partial charge in [-0.25, -0.2) is 5.43 Å². The molecule has 0 bridgehead atoms. The van der Waals surface area contributed by atoms with Crippen molar-refractivity contribution < 1.29 is 9.90 Å². The molecule has 0 aromatic heterocycles. The van der Waals surface area contributed by atoms with Crippen molar-refractivity contribution in [3.05, 3.63) is 63.6 Å². The maximum absolute atomic E-state index is 11.9. The Morgan fingerprint density at radius 3 is 2.52 bits per heavy atom. The largest absolute Gasteiger partial charge is 0.507 e. The smallest absolute Gasteiger partial charge is 0.275 e. The van der Waals surface area contributed by atoms with E-state index in [9.17, 15) is 9.90 Å². The summed E-state index contributed by atoms with van der Waals surface area (Å²) in [6.45, 7) is 1.71. The highest BCUT2D eigenvalue weighted by Crippen LogP contribution is 2.21. The lowest BCUT2D eigenvalue weighted by molar-refractivity contribution is 0.0952. The normalized spacial score (nSPS) is 11.3. The first-order chi connectivity index (χ1) is 9.99. The molecule has 1 amide bonds. The molecular weight excluding hydrogens is 311 g/mol. The summed E-state index contributed by atoms with van der Waals surface area (Å²) in [5.41, 5.74) is 3.72. The van der Waals surface area contributed by atoms with Crippen LogP contribution in [-0.4, -0.2) is 16.7 Å². The van der Waals surface area contributed by atoms with Gasteiger partial charge in [-0.05, 0) is 31.2 Å². The number of rotatable bonds is 3. The number of carbonyl (C=O) groups is 1. The number of hydrogen-bond donors (Lipinski definition) is 2. The Bertz CT molecular complexity index is 715. The summed E-state index contributed by atoms with van der Waals surface area (Å²) >= 11 is 11.9. The van der Waals surface area contributed by atoms with Crippen molar-refractivity contribution in [1.82, 2.24) is 5.43 Å². The first-order valence-electron chi connectivity index (χ1n) is 6.07. The molecule has 2 aromatic rings. The molecule has 0 saturated carbocycles. The van der Waals surface area contributed by atoms with Gasteiger partial charge in [0.2, 0.25) is 0 Å². The second kappa shape index (κ2) is 6.61. The Kier molecular flexibility index (Phi) is 4.83. The molecule has 0 radical (unpaired) electrons. The molecule has 0 aliphatic heterocycles. The van der Waals surface area contributed by atoms with Crippen LogP contribution < -0.4 is 5.43 Å². The molecule has 0 fully saturated rings. The van der Waals surface area contributed by atoms with Crippen LogP contribution >= 0.6 is 23.2 Å². The molecule has 0 atom stereocenters. The van der Waals surface area contributed by atoms with E-state index in [1.54, 1.807) is 37.3 Å². The molecular formula is C15H12Cl2N2O2. The summed E-state index contributed by atoms with van der Waals surface area (Å²) in [5, 5.41) is 14.5. The number of nitrogens with one attached hydrogen (secondary N) is 1. The van der Waals surface area contributed by atoms with Crippen molar-refractivity contribution in [2.75, 3.05) is 0 Å². The fourth-order valence-electron chi connectivity index (χ4n) is 1.70. The summed E-state index contributed by atoms with van der Waals surface area (Å²) in [5.74, 6) is -0.607. The highest BCUT2D eigenvalue weighted by Gasteiger charge is 2.10. The molecule has 2 rings (SSSR count). The maximum atomic E-state index is 11.9. The number of carbonyl (C=O) groups excluding carboxylic acids is 1. The molecule has 108 valence electrons. The Balaban J connectivity index is 2.17. The van der Waals surface area contributed by atoms with Crippen molar-refractivity contribution in [1.29, 1.82) is 0 Å². The van der Waals surface area contributed by atoms with Gasteiger partial charge in [-0.3, -0.25) is 4.79 Å². The van der Waals surface area contributed by atoms with Crippen molar-refractivity contribution in [3.63, 3.8) is 0 Å². The second-order valence-electron chi connectivity index (χ2n) is 4.28. The van der Waals surface area contributed by atoms with E-state index in [-0.39, 0.29) is 11.3 Å². The second-order valence-corrected chi connectivity index (χ2v) is 5.12. The van der Waals surface area contributed by atoms with Crippen LogP contribution in [0.2, 0.25) is 10.0 Å². The molecule has 0 saturated heterocycles. The van der Waals surface area contributed by atoms with Crippen LogP contribution in [0.1, 0.15) is 22.8 Å². The predicted octanol–water partition coefficient (Wildman–Crippen LogP) is 3.85. The van der Waals surface area contributed by atoms with Gasteiger partial charge in [0, 0.05) is 10.6 Å². The number of nitrogens with zero attached hydrogens (tertiary/aromatic N) is 1. The molecule has 0 heterocycles. The van der Waals surface area contributed by atoms with E-state index in [1.807, 2.05) is 0 Å². The minimum Gasteiger partial charge on any atom is -0.507 e. The number of aromatic hydroxyl groups is 1. The van der Waals surface area contributed by atoms with Crippen molar-refractivity contribution >= 4 is 34.8 Å². The quantitative estimate of drug-likeness (QED) is 0.666. The molecule has 2 N–H and O–H groups in total. The van der Waals surface area contributed by atoms with Crippen LogP contribution in [-0.2, 0) is 0 Å². The third kappa shape index (κ3) is 3.74. The summed E-state index contributed by atoms with van der Waals surface area (Å²) < 4.78 is 0. The number of amides is 1. The highest BCUT2D eigenvalue weighted by molar-refractivity contribution is 6.37. The minimum absolute atomic E-state index is 0.104. The Morgan fingerprint density at radius 1 is 1.14 bits per heavy atom. The molecule has 2 aromatic carbocycles. The van der Waals surface area contributed by atoms with E-state index >= 15 is 0 Å². The summed E-state index contributed by atoms with van der Waals surface area (Å²) in [6, 6.07) is 11.2. The van der Waals surface area contributed by atoms with Gasteiger partial charge in [-0.15, -0.1) is 0 Å². The number of halogens is 2. The summed E-state index contributed by atoms with van der Waals surface area (Å²) in [6.07, 6.45) is 0. The van der Waals surface area contributed by atoms with Crippen LogP contribution in [0.4, 0.5) is 0 Å². The Hall–Kier alpha value is -2.04. The third-order valence-electron chi connectivity index (χ3n) is 2.79. The van der Waals surface area contributed by atoms with E-state index in [4.69, 9.17) is 23.2 Å². The SMILES string of the molecule is C/C(=N/NC(=O)c1ccccc1O)c1ccc(Cl)cc1Cl. The standard InChI is InChI=1S/C15H12Cl2N2O2/c1-9(11-7-6-10(16)8-13(11)17)18-19-15(21)12-4-2-3-5-14(12)20/h2-8,20H,1H3,(H,19,21)/b18-9-. The zero-order valence-electron chi connectivity index (χ0n) is 11.1. The number of phenols is 1. The number of phenolic OH excluding ortho intramolecular Hbond substituents is 1. The highest BCUT2D eigenvalue weighted by atomic mass is 35.5. The van der Waals surface area contributed by atoms with Gasteiger partial charge < -0.3 is 5.11 Å². The maximum Gasteiger partial charge on any atom is 0.275 e. The predicted molar refractivity (Wildman–Crippen MR) is 84.2 cm³/mol. The zero-order chi connectivity index (χ0) is 15.4. The van der Waals surface area contributed by atoms with Crippen molar-refractivity contribution in [2.24, 2.45) is 5.10 Å². The third-order valence-corrected chi connectivity index (χ3v) is 3.34. The summed E-state index contributed by atoms with van der Waals surface area (Å²) in [4.78, 5) is 11.9. The monoisotopic (exact) mass is 322 g/mol. The Morgan fingerprint density at radius 2 is 1.86 bits per heavy atom. The first kappa shape index (κ1) is 15.4. The number of benzene rings is 2. The first-order valence-corrected chi connectivity index (χ1v) is 6.82. The zero-order valence-corrected chi connectivity index (χ0v) is 12.6. The van der Waals surface area contributed by atoms with Gasteiger partial charge in [0.25, 0.3) is 5.91 Å². The number of hydrazone groups is 1. The summed E-state index contributed by atoms with van der Waals surface area (Å²) in [7, 11) is 0. The molecule has 0 spiro atoms. The Labute approximate surface area is 132 Å². The van der Waals surface area contributed by atoms with E-state index in [0.717, 1.165) is 0 Å². The molecule has 4 nitrogen and oxygen atoms in total. The minimum atomic E-state index is -0.502. The lowest BCUT2D eigenvalue weighted by Gasteiger charge is -2.06. The van der Waals surface area contributed by atoms with Crippen LogP contribution in [0.25, 0.3) is 0 Å². The van der Waals surface area contributed by atoms with Crippen LogP contribution in [0, 0.1) is 0 Å². The van der Waals surface area contributed by atoms with Gasteiger partial charge in [-0.1, -0.05) is 41.4 Å². The average Bonchev–Trinajstić information content (AvgIpc) is 2.45. The fourth-order valence-corrected chi connectivity index (χ4v) is 2.25. The number of hydrogen-bond acceptors (Lipinski definition) is 3. The van der Waals surface area contributed by atoms with Crippen molar-refractivity contribution in [3.8, 4) is 5.75 Å². The lowest BCUT2D eigenvalue weighted by atomic mass is 10.1. The van der Waals surface area contributed by atoms with Crippen LogP contribution in [0.5, 0.6) is 5.75 Å². The van der Waals surface area contributed by atoms with E-state index in [2.05, 4.69) is 10.5 Å². The van der Waals surface area contributed by atoms with Gasteiger partial charge in [0.1, 0.15) is 5.75 Å². The van der Waals surface area contributed by atoms with Gasteiger partial charge in [0.05, 0.1) is 16.3 Å². The molecule has 0 unspecified atom stereocenters. The number of para-hydroxylation sites is 1.